The Bertz CT molecular complexity index is 732. The molecule has 0 fully saturated rings. The third-order valence-corrected chi connectivity index (χ3v) is 3.97. The molecule has 2 aromatic rings. The van der Waals surface area contributed by atoms with E-state index in [1.807, 2.05) is 25.1 Å². The molecule has 0 atom stereocenters. The summed E-state index contributed by atoms with van der Waals surface area (Å²) in [4.78, 5) is 12.1. The average Bonchev–Trinajstić information content (AvgIpc) is 2.61. The molecule has 0 N–H and O–H groups in total. The third-order valence-electron chi connectivity index (χ3n) is 3.65. The van der Waals surface area contributed by atoms with Gasteiger partial charge in [-0.2, -0.15) is 0 Å². The van der Waals surface area contributed by atoms with Gasteiger partial charge in [0.2, 0.25) is 5.75 Å². The van der Waals surface area contributed by atoms with Crippen LogP contribution >= 0.6 is 11.6 Å². The molecular weight excluding hydrogens is 344 g/mol. The maximum absolute atomic E-state index is 12.1. The van der Waals surface area contributed by atoms with Crippen molar-refractivity contribution in [1.29, 1.82) is 0 Å². The van der Waals surface area contributed by atoms with E-state index < -0.39 is 0 Å². The van der Waals surface area contributed by atoms with Crippen molar-refractivity contribution in [2.24, 2.45) is 0 Å². The molecule has 2 rings (SSSR count). The zero-order valence-corrected chi connectivity index (χ0v) is 15.5. The molecule has 0 aliphatic heterocycles. The van der Waals surface area contributed by atoms with Crippen LogP contribution in [0.5, 0.6) is 23.0 Å². The monoisotopic (exact) mass is 364 g/mol. The number of aryl methyl sites for hydroxylation is 2. The predicted octanol–water partition coefficient (Wildman–Crippen LogP) is 4.21. The molecule has 25 heavy (non-hydrogen) atoms. The maximum Gasteiger partial charge on any atom is 0.311 e. The van der Waals surface area contributed by atoms with E-state index in [0.29, 0.717) is 34.4 Å². The minimum atomic E-state index is -0.360. The number of carbonyl (C=O) groups is 1. The highest BCUT2D eigenvalue weighted by molar-refractivity contribution is 6.32. The van der Waals surface area contributed by atoms with Crippen LogP contribution in [-0.4, -0.2) is 27.3 Å². The van der Waals surface area contributed by atoms with Gasteiger partial charge >= 0.3 is 5.97 Å². The first-order valence-electron chi connectivity index (χ1n) is 7.74. The number of ether oxygens (including phenoxy) is 4. The van der Waals surface area contributed by atoms with Gasteiger partial charge in [0.25, 0.3) is 0 Å². The van der Waals surface area contributed by atoms with Gasteiger partial charge in [-0.1, -0.05) is 17.7 Å². The van der Waals surface area contributed by atoms with Crippen LogP contribution in [0.4, 0.5) is 0 Å². The molecule has 0 saturated carbocycles. The molecule has 5 nitrogen and oxygen atoms in total. The van der Waals surface area contributed by atoms with Crippen LogP contribution in [0.2, 0.25) is 5.02 Å². The van der Waals surface area contributed by atoms with E-state index in [-0.39, 0.29) is 12.4 Å². The van der Waals surface area contributed by atoms with Gasteiger partial charge in [-0.15, -0.1) is 0 Å². The topological polar surface area (TPSA) is 54.0 Å². The number of rotatable bonds is 7. The summed E-state index contributed by atoms with van der Waals surface area (Å²) in [6, 6.07) is 8.93. The summed E-state index contributed by atoms with van der Waals surface area (Å²) in [5.41, 5.74) is 1.85. The van der Waals surface area contributed by atoms with Crippen molar-refractivity contribution in [1.82, 2.24) is 0 Å². The Morgan fingerprint density at radius 3 is 2.16 bits per heavy atom. The molecule has 6 heteroatoms. The lowest BCUT2D eigenvalue weighted by atomic mass is 10.1. The van der Waals surface area contributed by atoms with Crippen molar-refractivity contribution in [3.05, 3.63) is 46.5 Å². The first-order chi connectivity index (χ1) is 12.0. The van der Waals surface area contributed by atoms with Gasteiger partial charge in [0, 0.05) is 6.42 Å². The molecule has 0 aliphatic carbocycles. The third kappa shape index (κ3) is 4.79. The van der Waals surface area contributed by atoms with E-state index in [4.69, 9.17) is 30.5 Å². The Morgan fingerprint density at radius 2 is 1.60 bits per heavy atom. The number of carbonyl (C=O) groups excluding carboxylic acids is 1. The summed E-state index contributed by atoms with van der Waals surface area (Å²) < 4.78 is 21.3. The molecule has 0 aromatic heterocycles. The Balaban J connectivity index is 2.07. The Kier molecular flexibility index (Phi) is 6.53. The molecule has 0 heterocycles. The van der Waals surface area contributed by atoms with Crippen LogP contribution in [0, 0.1) is 6.92 Å². The highest BCUT2D eigenvalue weighted by Crippen LogP contribution is 2.38. The van der Waals surface area contributed by atoms with Gasteiger partial charge in [-0.05, 0) is 48.7 Å². The van der Waals surface area contributed by atoms with Crippen LogP contribution < -0.4 is 18.9 Å². The second-order valence-corrected chi connectivity index (χ2v) is 5.85. The summed E-state index contributed by atoms with van der Waals surface area (Å²) in [7, 11) is 4.65. The van der Waals surface area contributed by atoms with Crippen LogP contribution in [-0.2, 0) is 11.2 Å². The lowest BCUT2D eigenvalue weighted by Crippen LogP contribution is -2.09. The second-order valence-electron chi connectivity index (χ2n) is 5.44. The molecule has 0 aliphatic rings. The molecule has 0 unspecified atom stereocenters. The minimum absolute atomic E-state index is 0.197. The molecule has 0 bridgehead atoms. The first kappa shape index (κ1) is 18.9. The lowest BCUT2D eigenvalue weighted by Gasteiger charge is -2.14. The quantitative estimate of drug-likeness (QED) is 0.544. The predicted molar refractivity (Wildman–Crippen MR) is 96.2 cm³/mol. The molecule has 0 spiro atoms. The number of methoxy groups -OCH3 is 3. The highest BCUT2D eigenvalue weighted by atomic mass is 35.5. The molecule has 0 amide bonds. The molecule has 2 aromatic carbocycles. The molecule has 0 radical (unpaired) electrons. The number of benzene rings is 2. The van der Waals surface area contributed by atoms with Gasteiger partial charge < -0.3 is 18.9 Å². The van der Waals surface area contributed by atoms with Gasteiger partial charge in [-0.25, -0.2) is 0 Å². The standard InChI is InChI=1S/C19H21ClO5/c1-12-5-7-14(20)15(9-12)25-18(21)8-6-13-10-16(22-2)19(24-4)17(11-13)23-3/h5,7,9-11H,6,8H2,1-4H3. The van der Waals surface area contributed by atoms with Crippen LogP contribution in [0.1, 0.15) is 17.5 Å². The summed E-state index contributed by atoms with van der Waals surface area (Å²) >= 11 is 6.05. The highest BCUT2D eigenvalue weighted by Gasteiger charge is 2.15. The van der Waals surface area contributed by atoms with Crippen molar-refractivity contribution >= 4 is 17.6 Å². The van der Waals surface area contributed by atoms with E-state index in [2.05, 4.69) is 0 Å². The van der Waals surface area contributed by atoms with Crippen molar-refractivity contribution in [3.8, 4) is 23.0 Å². The lowest BCUT2D eigenvalue weighted by molar-refractivity contribution is -0.134. The number of hydrogen-bond donors (Lipinski definition) is 0. The van der Waals surface area contributed by atoms with Crippen molar-refractivity contribution in [3.63, 3.8) is 0 Å². The molecular formula is C19H21ClO5. The zero-order valence-electron chi connectivity index (χ0n) is 14.7. The summed E-state index contributed by atoms with van der Waals surface area (Å²) in [5.74, 6) is 1.62. The van der Waals surface area contributed by atoms with Gasteiger partial charge in [0.1, 0.15) is 5.75 Å². The van der Waals surface area contributed by atoms with E-state index in [1.54, 1.807) is 33.5 Å². The fraction of sp³-hybridized carbons (Fsp3) is 0.316. The normalized spacial score (nSPS) is 10.3. The Hall–Kier alpha value is -2.40. The van der Waals surface area contributed by atoms with Crippen molar-refractivity contribution < 1.29 is 23.7 Å². The van der Waals surface area contributed by atoms with E-state index in [0.717, 1.165) is 11.1 Å². The zero-order chi connectivity index (χ0) is 18.4. The SMILES string of the molecule is COc1cc(CCC(=O)Oc2cc(C)ccc2Cl)cc(OC)c1OC. The smallest absolute Gasteiger partial charge is 0.311 e. The number of esters is 1. The van der Waals surface area contributed by atoms with Crippen LogP contribution in [0.25, 0.3) is 0 Å². The van der Waals surface area contributed by atoms with Gasteiger partial charge in [0.05, 0.1) is 26.4 Å². The molecule has 134 valence electrons. The Labute approximate surface area is 152 Å². The van der Waals surface area contributed by atoms with E-state index in [9.17, 15) is 4.79 Å². The fourth-order valence-corrected chi connectivity index (χ4v) is 2.54. The van der Waals surface area contributed by atoms with Crippen LogP contribution in [0.15, 0.2) is 30.3 Å². The van der Waals surface area contributed by atoms with Crippen LogP contribution in [0.3, 0.4) is 0 Å². The van der Waals surface area contributed by atoms with Gasteiger partial charge in [-0.3, -0.25) is 4.79 Å². The number of halogens is 1. The molecule has 0 saturated heterocycles. The fourth-order valence-electron chi connectivity index (χ4n) is 2.39. The first-order valence-corrected chi connectivity index (χ1v) is 8.12. The summed E-state index contributed by atoms with van der Waals surface area (Å²) in [6.07, 6.45) is 0.669. The summed E-state index contributed by atoms with van der Waals surface area (Å²) in [6.45, 7) is 1.91. The minimum Gasteiger partial charge on any atom is -0.493 e. The van der Waals surface area contributed by atoms with Crippen molar-refractivity contribution in [2.75, 3.05) is 21.3 Å². The maximum atomic E-state index is 12.1. The number of hydrogen-bond acceptors (Lipinski definition) is 5. The Morgan fingerprint density at radius 1 is 0.960 bits per heavy atom. The largest absolute Gasteiger partial charge is 0.493 e. The average molecular weight is 365 g/mol. The van der Waals surface area contributed by atoms with Gasteiger partial charge in [0.15, 0.2) is 11.5 Å². The van der Waals surface area contributed by atoms with E-state index >= 15 is 0 Å². The summed E-state index contributed by atoms with van der Waals surface area (Å²) in [5, 5.41) is 0.409. The van der Waals surface area contributed by atoms with E-state index in [1.165, 1.54) is 0 Å². The van der Waals surface area contributed by atoms with Crippen molar-refractivity contribution in [2.45, 2.75) is 19.8 Å². The second kappa shape index (κ2) is 8.62.